The lowest BCUT2D eigenvalue weighted by atomic mass is 10.1. The number of nitrogens with one attached hydrogen (secondary N) is 3. The fourth-order valence-electron chi connectivity index (χ4n) is 3.34. The summed E-state index contributed by atoms with van der Waals surface area (Å²) in [5.41, 5.74) is 2.46. The zero-order valence-electron chi connectivity index (χ0n) is 16.3. The van der Waals surface area contributed by atoms with Gasteiger partial charge in [-0.1, -0.05) is 0 Å². The zero-order chi connectivity index (χ0) is 20.2. The summed E-state index contributed by atoms with van der Waals surface area (Å²) in [4.78, 5) is 24.3. The van der Waals surface area contributed by atoms with Crippen molar-refractivity contribution in [1.29, 1.82) is 0 Å². The maximum Gasteiger partial charge on any atom is 0.412 e. The van der Waals surface area contributed by atoms with E-state index < -0.39 is 6.09 Å². The van der Waals surface area contributed by atoms with E-state index in [1.807, 2.05) is 12.1 Å². The monoisotopic (exact) mass is 397 g/mol. The number of methoxy groups -OCH3 is 2. The van der Waals surface area contributed by atoms with Crippen molar-refractivity contribution in [3.8, 4) is 28.5 Å². The molecule has 0 radical (unpaired) electrons. The fraction of sp³-hybridized carbons (Fsp3) is 0.350. The standard InChI is InChI=1S/C20H23N5O4/c1-27-15-4-3-12(9-16(15)28-2)14-10-22-19-18(25-14)17(11-23-19)29-20(26)24-13-5-7-21-8-6-13/h3-4,9-11,13,21H,5-8H2,1-2H3,(H,22,23)(H,24,26). The molecule has 0 unspecified atom stereocenters. The molecule has 3 aromatic rings. The van der Waals surface area contributed by atoms with E-state index in [9.17, 15) is 4.79 Å². The minimum Gasteiger partial charge on any atom is -0.493 e. The molecule has 4 rings (SSSR count). The number of hydrogen-bond donors (Lipinski definition) is 3. The van der Waals surface area contributed by atoms with Gasteiger partial charge in [0.05, 0.1) is 26.1 Å². The van der Waals surface area contributed by atoms with Crippen molar-refractivity contribution >= 4 is 17.3 Å². The van der Waals surface area contributed by atoms with E-state index in [2.05, 4.69) is 25.6 Å². The van der Waals surface area contributed by atoms with E-state index in [1.165, 1.54) is 0 Å². The number of carbonyl (C=O) groups excluding carboxylic acids is 1. The first-order valence-corrected chi connectivity index (χ1v) is 9.43. The van der Waals surface area contributed by atoms with Crippen LogP contribution in [0.5, 0.6) is 17.2 Å². The Bertz CT molecular complexity index is 1010. The molecule has 1 amide bonds. The molecular weight excluding hydrogens is 374 g/mol. The van der Waals surface area contributed by atoms with E-state index in [0.29, 0.717) is 34.1 Å². The Morgan fingerprint density at radius 2 is 1.93 bits per heavy atom. The molecule has 0 saturated carbocycles. The Hall–Kier alpha value is -3.33. The normalized spacial score (nSPS) is 14.6. The molecule has 1 aliphatic heterocycles. The van der Waals surface area contributed by atoms with Gasteiger partial charge >= 0.3 is 6.09 Å². The van der Waals surface area contributed by atoms with E-state index in [0.717, 1.165) is 31.5 Å². The molecule has 0 bridgehead atoms. The second kappa shape index (κ2) is 8.36. The number of benzene rings is 1. The van der Waals surface area contributed by atoms with Gasteiger partial charge in [0.15, 0.2) is 28.4 Å². The van der Waals surface area contributed by atoms with Crippen LogP contribution in [0.3, 0.4) is 0 Å². The molecule has 9 nitrogen and oxygen atoms in total. The molecule has 1 aromatic carbocycles. The summed E-state index contributed by atoms with van der Waals surface area (Å²) in [5.74, 6) is 1.56. The molecule has 29 heavy (non-hydrogen) atoms. The highest BCUT2D eigenvalue weighted by Gasteiger charge is 2.19. The van der Waals surface area contributed by atoms with Crippen LogP contribution in [-0.4, -0.2) is 54.4 Å². The van der Waals surface area contributed by atoms with Crippen molar-refractivity contribution in [2.24, 2.45) is 0 Å². The van der Waals surface area contributed by atoms with Crippen LogP contribution in [0.25, 0.3) is 22.4 Å². The summed E-state index contributed by atoms with van der Waals surface area (Å²) in [6.07, 6.45) is 4.51. The maximum atomic E-state index is 12.3. The molecule has 0 aliphatic carbocycles. The zero-order valence-corrected chi connectivity index (χ0v) is 16.3. The Morgan fingerprint density at radius 3 is 2.69 bits per heavy atom. The van der Waals surface area contributed by atoms with Gasteiger partial charge in [0.2, 0.25) is 0 Å². The minimum atomic E-state index is -0.490. The Morgan fingerprint density at radius 1 is 1.14 bits per heavy atom. The topological polar surface area (TPSA) is 110 Å². The molecule has 1 fully saturated rings. The van der Waals surface area contributed by atoms with E-state index >= 15 is 0 Å². The van der Waals surface area contributed by atoms with Gasteiger partial charge in [0.25, 0.3) is 0 Å². The summed E-state index contributed by atoms with van der Waals surface area (Å²) >= 11 is 0. The van der Waals surface area contributed by atoms with Gasteiger partial charge in [-0.15, -0.1) is 0 Å². The molecule has 3 heterocycles. The summed E-state index contributed by atoms with van der Waals surface area (Å²) in [6, 6.07) is 5.61. The SMILES string of the molecule is COc1ccc(-c2cnc3[nH]cc(OC(=O)NC4CCNCC4)c3n2)cc1OC. The molecule has 9 heteroatoms. The van der Waals surface area contributed by atoms with Crippen LogP contribution < -0.4 is 24.8 Å². The number of H-pyrrole nitrogens is 1. The summed E-state index contributed by atoms with van der Waals surface area (Å²) < 4.78 is 16.1. The number of carbonyl (C=O) groups is 1. The number of amides is 1. The van der Waals surface area contributed by atoms with Gasteiger partial charge in [0.1, 0.15) is 0 Å². The maximum absolute atomic E-state index is 12.3. The van der Waals surface area contributed by atoms with Crippen molar-refractivity contribution < 1.29 is 19.0 Å². The van der Waals surface area contributed by atoms with Gasteiger partial charge in [-0.05, 0) is 44.1 Å². The van der Waals surface area contributed by atoms with E-state index in [1.54, 1.807) is 32.7 Å². The number of fused-ring (bicyclic) bond motifs is 1. The Kier molecular flexibility index (Phi) is 5.48. The quantitative estimate of drug-likeness (QED) is 0.607. The molecule has 1 aliphatic rings. The summed E-state index contributed by atoms with van der Waals surface area (Å²) in [5, 5.41) is 6.16. The average Bonchev–Trinajstić information content (AvgIpc) is 3.15. The first-order chi connectivity index (χ1) is 14.2. The molecule has 152 valence electrons. The molecule has 1 saturated heterocycles. The van der Waals surface area contributed by atoms with Crippen LogP contribution in [0.1, 0.15) is 12.8 Å². The van der Waals surface area contributed by atoms with Crippen molar-refractivity contribution in [2.45, 2.75) is 18.9 Å². The number of piperidine rings is 1. The van der Waals surface area contributed by atoms with Gasteiger partial charge in [-0.25, -0.2) is 14.8 Å². The van der Waals surface area contributed by atoms with Gasteiger partial charge in [0, 0.05) is 17.8 Å². The van der Waals surface area contributed by atoms with Gasteiger partial charge in [-0.3, -0.25) is 0 Å². The van der Waals surface area contributed by atoms with Crippen molar-refractivity contribution in [3.63, 3.8) is 0 Å². The van der Waals surface area contributed by atoms with Crippen LogP contribution in [0.2, 0.25) is 0 Å². The number of ether oxygens (including phenoxy) is 3. The lowest BCUT2D eigenvalue weighted by molar-refractivity contribution is 0.193. The van der Waals surface area contributed by atoms with Crippen LogP contribution in [0.15, 0.2) is 30.6 Å². The molecule has 2 aromatic heterocycles. The van der Waals surface area contributed by atoms with Gasteiger partial charge in [-0.2, -0.15) is 0 Å². The second-order valence-electron chi connectivity index (χ2n) is 6.73. The van der Waals surface area contributed by atoms with Crippen LogP contribution in [-0.2, 0) is 0 Å². The predicted octanol–water partition coefficient (Wildman–Crippen LogP) is 2.48. The largest absolute Gasteiger partial charge is 0.493 e. The number of rotatable bonds is 5. The fourth-order valence-corrected chi connectivity index (χ4v) is 3.34. The van der Waals surface area contributed by atoms with Gasteiger partial charge < -0.3 is 29.8 Å². The van der Waals surface area contributed by atoms with Crippen LogP contribution in [0, 0.1) is 0 Å². The average molecular weight is 397 g/mol. The number of aromatic nitrogens is 3. The second-order valence-corrected chi connectivity index (χ2v) is 6.73. The van der Waals surface area contributed by atoms with Crippen molar-refractivity contribution in [1.82, 2.24) is 25.6 Å². The highest BCUT2D eigenvalue weighted by molar-refractivity contribution is 5.84. The highest BCUT2D eigenvalue weighted by Crippen LogP contribution is 2.32. The molecule has 0 atom stereocenters. The third-order valence-corrected chi connectivity index (χ3v) is 4.89. The first-order valence-electron chi connectivity index (χ1n) is 9.43. The van der Waals surface area contributed by atoms with E-state index in [-0.39, 0.29) is 6.04 Å². The number of hydrogen-bond acceptors (Lipinski definition) is 7. The predicted molar refractivity (Wildman–Crippen MR) is 107 cm³/mol. The lowest BCUT2D eigenvalue weighted by Crippen LogP contribution is -2.43. The lowest BCUT2D eigenvalue weighted by Gasteiger charge is -2.23. The molecule has 0 spiro atoms. The third kappa shape index (κ3) is 4.09. The summed E-state index contributed by atoms with van der Waals surface area (Å²) in [7, 11) is 3.16. The minimum absolute atomic E-state index is 0.113. The number of aromatic amines is 1. The Labute approximate surface area is 167 Å². The molecule has 3 N–H and O–H groups in total. The smallest absolute Gasteiger partial charge is 0.412 e. The summed E-state index contributed by atoms with van der Waals surface area (Å²) in [6.45, 7) is 1.77. The van der Waals surface area contributed by atoms with E-state index in [4.69, 9.17) is 14.2 Å². The molecular formula is C20H23N5O4. The first kappa shape index (κ1) is 19.0. The Balaban J connectivity index is 1.57. The third-order valence-electron chi connectivity index (χ3n) is 4.89. The van der Waals surface area contributed by atoms with Crippen molar-refractivity contribution in [3.05, 3.63) is 30.6 Å². The highest BCUT2D eigenvalue weighted by atomic mass is 16.6. The van der Waals surface area contributed by atoms with Crippen molar-refractivity contribution in [2.75, 3.05) is 27.3 Å². The number of nitrogens with zero attached hydrogens (tertiary/aromatic N) is 2. The van der Waals surface area contributed by atoms with Crippen LogP contribution in [0.4, 0.5) is 4.79 Å². The van der Waals surface area contributed by atoms with Crippen LogP contribution >= 0.6 is 0 Å².